The van der Waals surface area contributed by atoms with E-state index >= 15 is 0 Å². The Morgan fingerprint density at radius 3 is 1.67 bits per heavy atom. The van der Waals surface area contributed by atoms with Gasteiger partial charge in [0, 0.05) is 6.42 Å². The third kappa shape index (κ3) is 25.4. The van der Waals surface area contributed by atoms with Crippen molar-refractivity contribution in [3.63, 3.8) is 0 Å². The molecule has 1 unspecified atom stereocenters. The minimum absolute atomic E-state index is 0.116. The first kappa shape index (κ1) is 36.4. The van der Waals surface area contributed by atoms with E-state index in [-0.39, 0.29) is 6.42 Å². The number of carbonyl (C=O) groups is 2. The van der Waals surface area contributed by atoms with E-state index in [4.69, 9.17) is 15.6 Å². The van der Waals surface area contributed by atoms with Crippen LogP contribution < -0.4 is 5.73 Å². The van der Waals surface area contributed by atoms with Crippen molar-refractivity contribution in [1.82, 2.24) is 0 Å². The predicted molar refractivity (Wildman–Crippen MR) is 152 cm³/mol. The molecule has 0 saturated heterocycles. The number of aliphatic carboxylic acids is 1. The zero-order valence-corrected chi connectivity index (χ0v) is 23.6. The second-order valence-electron chi connectivity index (χ2n) is 8.30. The lowest BCUT2D eigenvalue weighted by Crippen LogP contribution is -2.34. The van der Waals surface area contributed by atoms with Gasteiger partial charge >= 0.3 is 19.8 Å². The number of aliphatic hydroxyl groups excluding tert-OH is 1. The summed E-state index contributed by atoms with van der Waals surface area (Å²) in [5.41, 5.74) is 5.15. The Morgan fingerprint density at radius 1 is 0.769 bits per heavy atom. The van der Waals surface area contributed by atoms with Gasteiger partial charge in [-0.15, -0.1) is 0 Å². The Hall–Kier alpha value is -2.59. The van der Waals surface area contributed by atoms with Gasteiger partial charge in [0.05, 0.1) is 13.2 Å². The summed E-state index contributed by atoms with van der Waals surface area (Å²) >= 11 is 0. The number of hydrogen-bond acceptors (Lipinski definition) is 8. The number of ether oxygens (including phenoxy) is 1. The molecule has 11 heteroatoms. The molecule has 0 amide bonds. The van der Waals surface area contributed by atoms with Crippen LogP contribution >= 0.6 is 7.82 Å². The third-order valence-corrected chi connectivity index (χ3v) is 5.66. The van der Waals surface area contributed by atoms with E-state index in [0.29, 0.717) is 6.42 Å². The smallest absolute Gasteiger partial charge is 0.472 e. The summed E-state index contributed by atoms with van der Waals surface area (Å²) in [5, 5.41) is 18.3. The number of nitrogens with two attached hydrogens (primary N) is 1. The van der Waals surface area contributed by atoms with Crippen molar-refractivity contribution in [2.24, 2.45) is 5.73 Å². The SMILES string of the molecule is CC/C=C\C/C=C\C/C=C\C/C=C\C/C=C\C/C=C\CCC(=O)OC[C@@H](O)COP(=O)(O)OC[C@H](N)C(=O)O. The second-order valence-corrected chi connectivity index (χ2v) is 9.75. The van der Waals surface area contributed by atoms with E-state index in [1.54, 1.807) is 0 Å². The summed E-state index contributed by atoms with van der Waals surface area (Å²) < 4.78 is 25.4. The maximum atomic E-state index is 11.7. The van der Waals surface area contributed by atoms with Crippen molar-refractivity contribution >= 4 is 19.8 Å². The van der Waals surface area contributed by atoms with Gasteiger partial charge in [0.1, 0.15) is 18.8 Å². The normalized spacial score (nSPS) is 15.8. The second kappa shape index (κ2) is 24.5. The average Bonchev–Trinajstić information content (AvgIpc) is 2.90. The largest absolute Gasteiger partial charge is 0.480 e. The van der Waals surface area contributed by atoms with Crippen LogP contribution in [0.25, 0.3) is 0 Å². The van der Waals surface area contributed by atoms with Gasteiger partial charge < -0.3 is 25.6 Å². The van der Waals surface area contributed by atoms with Crippen LogP contribution in [0.4, 0.5) is 0 Å². The molecule has 39 heavy (non-hydrogen) atoms. The number of esters is 1. The van der Waals surface area contributed by atoms with E-state index in [9.17, 15) is 24.2 Å². The van der Waals surface area contributed by atoms with Crippen LogP contribution in [0.2, 0.25) is 0 Å². The molecule has 5 N–H and O–H groups in total. The van der Waals surface area contributed by atoms with E-state index in [0.717, 1.165) is 38.5 Å². The molecule has 0 aromatic carbocycles. The number of allylic oxidation sites excluding steroid dienone is 12. The molecule has 0 radical (unpaired) electrons. The molecule has 3 atom stereocenters. The van der Waals surface area contributed by atoms with Crippen LogP contribution in [0.5, 0.6) is 0 Å². The molecule has 0 aromatic rings. The van der Waals surface area contributed by atoms with Crippen molar-refractivity contribution in [2.75, 3.05) is 19.8 Å². The lowest BCUT2D eigenvalue weighted by molar-refractivity contribution is -0.147. The van der Waals surface area contributed by atoms with Gasteiger partial charge in [-0.25, -0.2) is 4.57 Å². The molecule has 0 aliphatic heterocycles. The van der Waals surface area contributed by atoms with Gasteiger partial charge in [0.2, 0.25) is 0 Å². The van der Waals surface area contributed by atoms with Crippen molar-refractivity contribution in [1.29, 1.82) is 0 Å². The highest BCUT2D eigenvalue weighted by molar-refractivity contribution is 7.47. The number of carbonyl (C=O) groups excluding carboxylic acids is 1. The summed E-state index contributed by atoms with van der Waals surface area (Å²) in [4.78, 5) is 31.7. The molecular formula is C28H44NO9P. The summed E-state index contributed by atoms with van der Waals surface area (Å²) in [6, 6.07) is -1.50. The molecule has 220 valence electrons. The molecule has 0 rings (SSSR count). The molecular weight excluding hydrogens is 525 g/mol. The van der Waals surface area contributed by atoms with E-state index in [2.05, 4.69) is 70.7 Å². The minimum atomic E-state index is -4.61. The van der Waals surface area contributed by atoms with Crippen LogP contribution in [0, 0.1) is 0 Å². The summed E-state index contributed by atoms with van der Waals surface area (Å²) in [7, 11) is -4.61. The maximum Gasteiger partial charge on any atom is 0.472 e. The Morgan fingerprint density at radius 2 is 1.21 bits per heavy atom. The first-order valence-electron chi connectivity index (χ1n) is 13.0. The van der Waals surface area contributed by atoms with Crippen molar-refractivity contribution < 1.29 is 43.0 Å². The summed E-state index contributed by atoms with van der Waals surface area (Å²) in [5.74, 6) is -1.95. The minimum Gasteiger partial charge on any atom is -0.480 e. The predicted octanol–water partition coefficient (Wildman–Crippen LogP) is 4.91. The lowest BCUT2D eigenvalue weighted by atomic mass is 10.2. The molecule has 0 bridgehead atoms. The molecule has 10 nitrogen and oxygen atoms in total. The molecule has 0 fully saturated rings. The Bertz CT molecular complexity index is 893. The Balaban J connectivity index is 3.82. The fourth-order valence-corrected chi connectivity index (χ4v) is 3.40. The van der Waals surface area contributed by atoms with Crippen LogP contribution in [0.3, 0.4) is 0 Å². The van der Waals surface area contributed by atoms with Crippen molar-refractivity contribution in [3.05, 3.63) is 72.9 Å². The van der Waals surface area contributed by atoms with Crippen LogP contribution in [0.15, 0.2) is 72.9 Å². The first-order chi connectivity index (χ1) is 18.7. The quantitative estimate of drug-likeness (QED) is 0.0754. The number of phosphoric acid groups is 1. The van der Waals surface area contributed by atoms with Gasteiger partial charge in [-0.05, 0) is 44.9 Å². The number of phosphoric ester groups is 1. The zero-order chi connectivity index (χ0) is 29.2. The van der Waals surface area contributed by atoms with Crippen LogP contribution in [0.1, 0.15) is 58.3 Å². The zero-order valence-electron chi connectivity index (χ0n) is 22.7. The fraction of sp³-hybridized carbons (Fsp3) is 0.500. The van der Waals surface area contributed by atoms with Crippen LogP contribution in [-0.4, -0.2) is 59.0 Å². The Kier molecular flexibility index (Phi) is 22.8. The van der Waals surface area contributed by atoms with Crippen molar-refractivity contribution in [2.45, 2.75) is 70.4 Å². The van der Waals surface area contributed by atoms with Crippen molar-refractivity contribution in [3.8, 4) is 0 Å². The average molecular weight is 570 g/mol. The van der Waals surface area contributed by atoms with Gasteiger partial charge in [-0.2, -0.15) is 0 Å². The molecule has 0 heterocycles. The number of aliphatic hydroxyl groups is 1. The first-order valence-corrected chi connectivity index (χ1v) is 14.5. The lowest BCUT2D eigenvalue weighted by Gasteiger charge is -2.16. The molecule has 0 spiro atoms. The van der Waals surface area contributed by atoms with Gasteiger partial charge in [-0.1, -0.05) is 79.8 Å². The summed E-state index contributed by atoms with van der Waals surface area (Å²) in [6.45, 7) is 0.290. The highest BCUT2D eigenvalue weighted by atomic mass is 31.2. The highest BCUT2D eigenvalue weighted by Gasteiger charge is 2.26. The standard InChI is InChI=1S/C28H44NO9P/c1-2-3-4-5-6-7-8-9-10-11-12-13-14-15-16-17-18-19-20-21-27(31)36-22-25(30)23-37-39(34,35)38-24-26(29)28(32)33/h3-4,6-7,9-10,12-13,15-16,18-19,25-26,30H,2,5,8,11,14,17,20-24,29H2,1H3,(H,32,33)(H,34,35)/b4-3-,7-6-,10-9-,13-12-,16-15-,19-18-/t25-,26+/m1/s1. The van der Waals surface area contributed by atoms with Crippen LogP contribution in [-0.2, 0) is 27.9 Å². The van der Waals surface area contributed by atoms with Gasteiger partial charge in [-0.3, -0.25) is 18.6 Å². The molecule has 0 aromatic heterocycles. The number of hydrogen-bond donors (Lipinski definition) is 4. The van der Waals surface area contributed by atoms with Gasteiger partial charge in [0.25, 0.3) is 0 Å². The fourth-order valence-electron chi connectivity index (χ4n) is 2.61. The van der Waals surface area contributed by atoms with Gasteiger partial charge in [0.15, 0.2) is 0 Å². The number of carboxylic acids is 1. The topological polar surface area (TPSA) is 166 Å². The molecule has 0 aliphatic carbocycles. The third-order valence-electron chi connectivity index (χ3n) is 4.71. The molecule has 0 aliphatic rings. The maximum absolute atomic E-state index is 11.7. The van der Waals surface area contributed by atoms with E-state index < -0.39 is 51.7 Å². The number of carboxylic acid groups (broad SMARTS) is 1. The highest BCUT2D eigenvalue weighted by Crippen LogP contribution is 2.43. The Labute approximate surface area is 231 Å². The molecule has 0 saturated carbocycles. The monoisotopic (exact) mass is 569 g/mol. The van der Waals surface area contributed by atoms with E-state index in [1.807, 2.05) is 18.2 Å². The summed E-state index contributed by atoms with van der Waals surface area (Å²) in [6.07, 6.45) is 29.9. The van der Waals surface area contributed by atoms with E-state index in [1.165, 1.54) is 0 Å². The number of rotatable bonds is 23.